The van der Waals surface area contributed by atoms with Crippen LogP contribution in [0.4, 0.5) is 0 Å². The van der Waals surface area contributed by atoms with Crippen molar-refractivity contribution in [2.75, 3.05) is 27.2 Å². The van der Waals surface area contributed by atoms with E-state index in [0.29, 0.717) is 12.5 Å². The molecule has 1 N–H and O–H groups in total. The van der Waals surface area contributed by atoms with Gasteiger partial charge in [0, 0.05) is 39.7 Å². The number of hydrogen-bond donors (Lipinski definition) is 1. The molecule has 26 heavy (non-hydrogen) atoms. The summed E-state index contributed by atoms with van der Waals surface area (Å²) in [6.07, 6.45) is 1.18. The molecule has 1 saturated heterocycles. The number of halogens is 1. The van der Waals surface area contributed by atoms with Crippen LogP contribution in [0.15, 0.2) is 59.6 Å². The molecule has 140 valence electrons. The predicted octanol–water partition coefficient (Wildman–Crippen LogP) is 4.02. The highest BCUT2D eigenvalue weighted by Crippen LogP contribution is 2.26. The number of likely N-dealkylation sites (tertiary alicyclic amines) is 1. The van der Waals surface area contributed by atoms with Gasteiger partial charge in [0.05, 0.1) is 6.61 Å². The second-order valence-electron chi connectivity index (χ2n) is 6.49. The molecule has 0 bridgehead atoms. The zero-order valence-electron chi connectivity index (χ0n) is 15.5. The minimum Gasteiger partial charge on any atom is -0.380 e. The first kappa shape index (κ1) is 20.7. The molecule has 1 unspecified atom stereocenters. The topological polar surface area (TPSA) is 36.9 Å². The first-order chi connectivity index (χ1) is 12.3. The number of hydrogen-bond acceptors (Lipinski definition) is 2. The van der Waals surface area contributed by atoms with Crippen molar-refractivity contribution in [3.63, 3.8) is 0 Å². The Morgan fingerprint density at radius 3 is 2.46 bits per heavy atom. The van der Waals surface area contributed by atoms with Gasteiger partial charge in [0.1, 0.15) is 0 Å². The van der Waals surface area contributed by atoms with E-state index in [1.54, 1.807) is 7.11 Å². The number of aliphatic imine (C=N–C) groups is 1. The number of rotatable bonds is 5. The molecule has 0 saturated carbocycles. The van der Waals surface area contributed by atoms with Crippen LogP contribution in [0.5, 0.6) is 0 Å². The van der Waals surface area contributed by atoms with Crippen LogP contribution in [0.1, 0.15) is 29.0 Å². The monoisotopic (exact) mass is 465 g/mol. The Bertz CT molecular complexity index is 688. The quantitative estimate of drug-likeness (QED) is 0.412. The Morgan fingerprint density at radius 1 is 1.12 bits per heavy atom. The molecule has 4 nitrogen and oxygen atoms in total. The molecule has 2 aromatic carbocycles. The maximum Gasteiger partial charge on any atom is 0.193 e. The van der Waals surface area contributed by atoms with Crippen LogP contribution in [0.25, 0.3) is 0 Å². The summed E-state index contributed by atoms with van der Waals surface area (Å²) in [6.45, 7) is 3.51. The molecule has 0 aliphatic carbocycles. The van der Waals surface area contributed by atoms with E-state index in [4.69, 9.17) is 4.74 Å². The van der Waals surface area contributed by atoms with Crippen molar-refractivity contribution in [3.05, 3.63) is 71.3 Å². The van der Waals surface area contributed by atoms with Crippen molar-refractivity contribution in [3.8, 4) is 0 Å². The average Bonchev–Trinajstić information content (AvgIpc) is 3.15. The lowest BCUT2D eigenvalue weighted by molar-refractivity contribution is 0.185. The van der Waals surface area contributed by atoms with Crippen LogP contribution in [0, 0.1) is 0 Å². The molecule has 1 atom stereocenters. The van der Waals surface area contributed by atoms with E-state index in [9.17, 15) is 0 Å². The van der Waals surface area contributed by atoms with Crippen LogP contribution in [-0.2, 0) is 17.9 Å². The van der Waals surface area contributed by atoms with E-state index >= 15 is 0 Å². The third-order valence-electron chi connectivity index (χ3n) is 4.76. The highest BCUT2D eigenvalue weighted by atomic mass is 127. The van der Waals surface area contributed by atoms with Gasteiger partial charge in [0.15, 0.2) is 5.96 Å². The maximum absolute atomic E-state index is 5.16. The second-order valence-corrected chi connectivity index (χ2v) is 6.49. The second kappa shape index (κ2) is 10.5. The standard InChI is InChI=1S/C21H27N3O.HI/c1-22-21(23-14-17-8-10-18(11-9-17)16-25-2)24-13-12-20(15-24)19-6-4-3-5-7-19;/h3-11,20H,12-16H2,1-2H3,(H,22,23);1H. The van der Waals surface area contributed by atoms with Crippen LogP contribution < -0.4 is 5.32 Å². The van der Waals surface area contributed by atoms with Gasteiger partial charge in [-0.1, -0.05) is 54.6 Å². The van der Waals surface area contributed by atoms with Crippen molar-refractivity contribution >= 4 is 29.9 Å². The fraction of sp³-hybridized carbons (Fsp3) is 0.381. The van der Waals surface area contributed by atoms with Crippen LogP contribution in [0.3, 0.4) is 0 Å². The molecular formula is C21H28IN3O. The van der Waals surface area contributed by atoms with Crippen LogP contribution in [0.2, 0.25) is 0 Å². The minimum atomic E-state index is 0. The minimum absolute atomic E-state index is 0. The van der Waals surface area contributed by atoms with Gasteiger partial charge >= 0.3 is 0 Å². The fourth-order valence-corrected chi connectivity index (χ4v) is 3.38. The highest BCUT2D eigenvalue weighted by Gasteiger charge is 2.25. The maximum atomic E-state index is 5.16. The Kier molecular flexibility index (Phi) is 8.38. The van der Waals surface area contributed by atoms with Gasteiger partial charge < -0.3 is 15.0 Å². The summed E-state index contributed by atoms with van der Waals surface area (Å²) in [6, 6.07) is 19.3. The predicted molar refractivity (Wildman–Crippen MR) is 118 cm³/mol. The molecule has 0 amide bonds. The number of nitrogens with zero attached hydrogens (tertiary/aromatic N) is 2. The summed E-state index contributed by atoms with van der Waals surface area (Å²) in [4.78, 5) is 6.83. The van der Waals surface area contributed by atoms with Gasteiger partial charge in [0.2, 0.25) is 0 Å². The summed E-state index contributed by atoms with van der Waals surface area (Å²) < 4.78 is 5.16. The van der Waals surface area contributed by atoms with Gasteiger partial charge in [-0.15, -0.1) is 24.0 Å². The van der Waals surface area contributed by atoms with Gasteiger partial charge in [-0.25, -0.2) is 0 Å². The van der Waals surface area contributed by atoms with E-state index in [0.717, 1.165) is 25.6 Å². The summed E-state index contributed by atoms with van der Waals surface area (Å²) in [7, 11) is 3.58. The molecule has 0 radical (unpaired) electrons. The third-order valence-corrected chi connectivity index (χ3v) is 4.76. The van der Waals surface area contributed by atoms with E-state index < -0.39 is 0 Å². The summed E-state index contributed by atoms with van der Waals surface area (Å²) in [5, 5.41) is 3.50. The molecular weight excluding hydrogens is 437 g/mol. The molecule has 1 heterocycles. The number of nitrogens with one attached hydrogen (secondary N) is 1. The Morgan fingerprint density at radius 2 is 1.81 bits per heavy atom. The van der Waals surface area contributed by atoms with Gasteiger partial charge in [0.25, 0.3) is 0 Å². The number of guanidine groups is 1. The molecule has 1 aliphatic rings. The molecule has 3 rings (SSSR count). The first-order valence-corrected chi connectivity index (χ1v) is 8.87. The van der Waals surface area contributed by atoms with Crippen molar-refractivity contribution in [2.45, 2.75) is 25.5 Å². The van der Waals surface area contributed by atoms with Gasteiger partial charge in [-0.05, 0) is 23.1 Å². The van der Waals surface area contributed by atoms with E-state index in [2.05, 4.69) is 69.8 Å². The lowest BCUT2D eigenvalue weighted by Gasteiger charge is -2.22. The van der Waals surface area contributed by atoms with Crippen molar-refractivity contribution in [1.82, 2.24) is 10.2 Å². The van der Waals surface area contributed by atoms with E-state index in [-0.39, 0.29) is 24.0 Å². The highest BCUT2D eigenvalue weighted by molar-refractivity contribution is 14.0. The summed E-state index contributed by atoms with van der Waals surface area (Å²) >= 11 is 0. The molecule has 1 fully saturated rings. The van der Waals surface area contributed by atoms with Gasteiger partial charge in [-0.3, -0.25) is 4.99 Å². The molecule has 1 aliphatic heterocycles. The van der Waals surface area contributed by atoms with Crippen molar-refractivity contribution in [1.29, 1.82) is 0 Å². The van der Waals surface area contributed by atoms with Crippen LogP contribution >= 0.6 is 24.0 Å². The molecule has 2 aromatic rings. The number of benzene rings is 2. The fourth-order valence-electron chi connectivity index (χ4n) is 3.38. The Labute approximate surface area is 173 Å². The van der Waals surface area contributed by atoms with Crippen molar-refractivity contribution in [2.24, 2.45) is 4.99 Å². The average molecular weight is 465 g/mol. The molecule has 5 heteroatoms. The SMILES string of the molecule is CN=C(NCc1ccc(COC)cc1)N1CCC(c2ccccc2)C1.I. The summed E-state index contributed by atoms with van der Waals surface area (Å²) in [5.41, 5.74) is 3.87. The van der Waals surface area contributed by atoms with Gasteiger partial charge in [-0.2, -0.15) is 0 Å². The van der Waals surface area contributed by atoms with E-state index in [1.165, 1.54) is 23.1 Å². The zero-order valence-corrected chi connectivity index (χ0v) is 17.9. The first-order valence-electron chi connectivity index (χ1n) is 8.87. The number of ether oxygens (including phenoxy) is 1. The third kappa shape index (κ3) is 5.45. The zero-order chi connectivity index (χ0) is 17.5. The molecule has 0 aromatic heterocycles. The lowest BCUT2D eigenvalue weighted by Crippen LogP contribution is -2.39. The summed E-state index contributed by atoms with van der Waals surface area (Å²) in [5.74, 6) is 1.58. The molecule has 0 spiro atoms. The normalized spacial score (nSPS) is 17.1. The largest absolute Gasteiger partial charge is 0.380 e. The lowest BCUT2D eigenvalue weighted by atomic mass is 9.99. The smallest absolute Gasteiger partial charge is 0.193 e. The Balaban J connectivity index is 0.00000243. The Hall–Kier alpha value is -1.60. The van der Waals surface area contributed by atoms with Crippen LogP contribution in [-0.4, -0.2) is 38.1 Å². The van der Waals surface area contributed by atoms with E-state index in [1.807, 2.05) is 7.05 Å². The van der Waals surface area contributed by atoms with Crippen molar-refractivity contribution < 1.29 is 4.74 Å². The number of methoxy groups -OCH3 is 1.